The van der Waals surface area contributed by atoms with Crippen LogP contribution in [0.15, 0.2) is 4.99 Å². The van der Waals surface area contributed by atoms with E-state index in [1.807, 2.05) is 0 Å². The summed E-state index contributed by atoms with van der Waals surface area (Å²) in [5.74, 6) is -0.165. The van der Waals surface area contributed by atoms with E-state index < -0.39 is 99.2 Å². The number of nitrogens with zero attached hydrogens (tertiary/aromatic N) is 1. The number of hydrogen-bond acceptors (Lipinski definition) is 15. The minimum absolute atomic E-state index is 0.129. The largest absolute Gasteiger partial charge is 0.395 e. The number of aliphatic hydroxyl groups excluding tert-OH is 6. The molecule has 1 saturated carbocycles. The molecule has 2 aliphatic heterocycles. The summed E-state index contributed by atoms with van der Waals surface area (Å²) in [7, 11) is 0. The topological polar surface area (TPSA) is 313 Å². The number of aliphatic imine (C=N–C) groups is 1. The number of nitrogens with two attached hydrogens (primary N) is 5. The lowest BCUT2D eigenvalue weighted by Gasteiger charge is -2.48. The third-order valence-corrected chi connectivity index (χ3v) is 7.43. The van der Waals surface area contributed by atoms with Crippen molar-refractivity contribution >= 4 is 5.96 Å². The second kappa shape index (κ2) is 14.6. The number of rotatable bonds is 11. The molecule has 0 amide bonds. The maximum absolute atomic E-state index is 11.5. The number of nitrogens with one attached hydrogen (secondary N) is 1. The van der Waals surface area contributed by atoms with Crippen molar-refractivity contribution in [2.75, 3.05) is 26.4 Å². The Hall–Kier alpha value is -1.29. The van der Waals surface area contributed by atoms with Gasteiger partial charge in [-0.05, 0) is 19.3 Å². The normalized spacial score (nSPS) is 43.4. The Morgan fingerprint density at radius 3 is 2.18 bits per heavy atom. The zero-order chi connectivity index (χ0) is 28.9. The van der Waals surface area contributed by atoms with E-state index in [0.29, 0.717) is 12.8 Å². The van der Waals surface area contributed by atoms with Crippen molar-refractivity contribution in [2.45, 2.75) is 105 Å². The highest BCUT2D eigenvalue weighted by atomic mass is 16.7. The van der Waals surface area contributed by atoms with Crippen molar-refractivity contribution < 1.29 is 49.6 Å². The highest BCUT2D eigenvalue weighted by Gasteiger charge is 2.51. The fourth-order valence-corrected chi connectivity index (χ4v) is 5.22. The van der Waals surface area contributed by atoms with Gasteiger partial charge < -0.3 is 83.6 Å². The minimum atomic E-state index is -1.52. The molecule has 2 heterocycles. The summed E-state index contributed by atoms with van der Waals surface area (Å²) in [6.07, 6.45) is -9.32. The Kier molecular flexibility index (Phi) is 12.0. The molecule has 0 aromatic rings. The summed E-state index contributed by atoms with van der Waals surface area (Å²) in [5, 5.41) is 64.1. The lowest BCUT2D eigenvalue weighted by atomic mass is 9.83. The fourth-order valence-electron chi connectivity index (χ4n) is 5.22. The smallest absolute Gasteiger partial charge is 0.186 e. The first-order valence-corrected chi connectivity index (χ1v) is 13.1. The third-order valence-electron chi connectivity index (χ3n) is 7.43. The van der Waals surface area contributed by atoms with Crippen molar-refractivity contribution in [3.8, 4) is 0 Å². The van der Waals surface area contributed by atoms with E-state index in [4.69, 9.17) is 47.6 Å². The van der Waals surface area contributed by atoms with E-state index in [-0.39, 0.29) is 25.0 Å². The average Bonchev–Trinajstić information content (AvgIpc) is 2.91. The Bertz CT molecular complexity index is 777. The summed E-state index contributed by atoms with van der Waals surface area (Å²) in [6, 6.07) is -4.13. The van der Waals surface area contributed by atoms with Crippen molar-refractivity contribution in [1.82, 2.24) is 5.32 Å². The van der Waals surface area contributed by atoms with Crippen molar-refractivity contribution in [1.29, 1.82) is 0 Å². The molecule has 1 aliphatic carbocycles. The van der Waals surface area contributed by atoms with Gasteiger partial charge in [0.05, 0.1) is 38.0 Å². The molecule has 228 valence electrons. The molecule has 3 rings (SSSR count). The molecule has 0 aromatic carbocycles. The summed E-state index contributed by atoms with van der Waals surface area (Å²) >= 11 is 0. The molecule has 17 heteroatoms. The molecule has 1 unspecified atom stereocenters. The molecule has 13 atom stereocenters. The van der Waals surface area contributed by atoms with Crippen LogP contribution in [0.2, 0.25) is 0 Å². The van der Waals surface area contributed by atoms with E-state index in [1.54, 1.807) is 0 Å². The van der Waals surface area contributed by atoms with Crippen LogP contribution in [0, 0.1) is 0 Å². The van der Waals surface area contributed by atoms with E-state index in [0.717, 1.165) is 0 Å². The summed E-state index contributed by atoms with van der Waals surface area (Å²) in [6.45, 7) is -1.22. The van der Waals surface area contributed by atoms with Crippen LogP contribution in [0.3, 0.4) is 0 Å². The number of aliphatic hydroxyl groups is 6. The second-order valence-corrected chi connectivity index (χ2v) is 10.3. The summed E-state index contributed by atoms with van der Waals surface area (Å²) < 4.78 is 23.6. The Balaban J connectivity index is 1.85. The Labute approximate surface area is 226 Å². The molecule has 3 aliphatic rings. The molecule has 2 saturated heterocycles. The van der Waals surface area contributed by atoms with Gasteiger partial charge in [-0.25, -0.2) is 4.99 Å². The number of guanidine groups is 1. The first-order chi connectivity index (χ1) is 18.5. The molecule has 17 N–H and O–H groups in total. The monoisotopic (exact) mass is 567 g/mol. The molecule has 0 bridgehead atoms. The van der Waals surface area contributed by atoms with Gasteiger partial charge in [-0.2, -0.15) is 0 Å². The van der Waals surface area contributed by atoms with E-state index >= 15 is 0 Å². The zero-order valence-electron chi connectivity index (χ0n) is 21.7. The predicted molar refractivity (Wildman–Crippen MR) is 136 cm³/mol. The van der Waals surface area contributed by atoms with Crippen molar-refractivity contribution in [3.05, 3.63) is 0 Å². The Morgan fingerprint density at radius 1 is 0.923 bits per heavy atom. The van der Waals surface area contributed by atoms with Gasteiger partial charge in [0.15, 0.2) is 18.5 Å². The van der Waals surface area contributed by atoms with Gasteiger partial charge in [0, 0.05) is 18.6 Å². The van der Waals surface area contributed by atoms with E-state index in [1.165, 1.54) is 0 Å². The fraction of sp³-hybridized carbons (Fsp3) is 0.955. The molecule has 39 heavy (non-hydrogen) atoms. The van der Waals surface area contributed by atoms with Gasteiger partial charge in [-0.3, -0.25) is 0 Å². The van der Waals surface area contributed by atoms with Gasteiger partial charge >= 0.3 is 0 Å². The van der Waals surface area contributed by atoms with Crippen LogP contribution in [0.25, 0.3) is 0 Å². The van der Waals surface area contributed by atoms with Crippen LogP contribution in [0.1, 0.15) is 19.3 Å². The molecule has 0 radical (unpaired) electrons. The predicted octanol–water partition coefficient (Wildman–Crippen LogP) is -6.97. The van der Waals surface area contributed by atoms with E-state index in [2.05, 4.69) is 10.3 Å². The molecule has 3 fully saturated rings. The highest BCUT2D eigenvalue weighted by Crippen LogP contribution is 2.32. The lowest BCUT2D eigenvalue weighted by molar-refractivity contribution is -0.314. The third kappa shape index (κ3) is 7.72. The van der Waals surface area contributed by atoms with Crippen molar-refractivity contribution in [3.63, 3.8) is 0 Å². The van der Waals surface area contributed by atoms with E-state index in [9.17, 15) is 30.6 Å². The summed E-state index contributed by atoms with van der Waals surface area (Å²) in [5.41, 5.74) is 29.3. The first kappa shape index (κ1) is 32.2. The standard InChI is InChI=1S/C22H45N7O10/c23-4-9-1-2-11(29-22(26)27)20(36-9)38-18-10(24)3-12(28-8(5-30)6-31)19(17(18)35)39-21-16(34)14(25)15(33)13(7-32)37-21/h8-21,28,30-35H,1-7,23-25H2,(H4,26,27,29)/t9-,10-,11+,12+,13+,14-,15+,16+,17-,18?,19-,20+,21+/m0/s1. The van der Waals surface area contributed by atoms with Crippen LogP contribution in [-0.2, 0) is 18.9 Å². The highest BCUT2D eigenvalue weighted by molar-refractivity contribution is 5.75. The van der Waals surface area contributed by atoms with Gasteiger partial charge in [0.1, 0.15) is 42.7 Å². The zero-order valence-corrected chi connectivity index (χ0v) is 21.7. The van der Waals surface area contributed by atoms with Gasteiger partial charge in [-0.15, -0.1) is 0 Å². The molecule has 0 spiro atoms. The van der Waals surface area contributed by atoms with Crippen LogP contribution in [0.5, 0.6) is 0 Å². The number of ether oxygens (including phenoxy) is 4. The second-order valence-electron chi connectivity index (χ2n) is 10.3. The molecule has 0 aromatic heterocycles. The quantitative estimate of drug-likeness (QED) is 0.0814. The molecular weight excluding hydrogens is 522 g/mol. The molecule has 17 nitrogen and oxygen atoms in total. The van der Waals surface area contributed by atoms with Crippen LogP contribution in [0.4, 0.5) is 0 Å². The van der Waals surface area contributed by atoms with Crippen molar-refractivity contribution in [2.24, 2.45) is 33.7 Å². The van der Waals surface area contributed by atoms with Gasteiger partial charge in [0.25, 0.3) is 0 Å². The number of hydrogen-bond donors (Lipinski definition) is 12. The van der Waals surface area contributed by atoms with Gasteiger partial charge in [-0.1, -0.05) is 0 Å². The van der Waals surface area contributed by atoms with Crippen LogP contribution >= 0.6 is 0 Å². The van der Waals surface area contributed by atoms with Gasteiger partial charge in [0.2, 0.25) is 0 Å². The molecular formula is C22H45N7O10. The maximum atomic E-state index is 11.5. The average molecular weight is 568 g/mol. The lowest BCUT2D eigenvalue weighted by Crippen LogP contribution is -2.69. The first-order valence-electron chi connectivity index (χ1n) is 13.1. The minimum Gasteiger partial charge on any atom is -0.395 e. The van der Waals surface area contributed by atoms with Crippen LogP contribution in [-0.4, -0.2) is 148 Å². The van der Waals surface area contributed by atoms with Crippen LogP contribution < -0.4 is 34.0 Å². The SMILES string of the molecule is NC[C@@H]1CC[C@@H](N=C(N)N)[C@@H](OC2[C@@H](N)C[C@@H](NC(CO)CO)[C@H](O[C@H]3O[C@H](CO)[C@@H](O)[C@H](N)[C@H]3O)[C@H]2O)O1. The summed E-state index contributed by atoms with van der Waals surface area (Å²) in [4.78, 5) is 4.18. The Morgan fingerprint density at radius 2 is 1.59 bits per heavy atom. The maximum Gasteiger partial charge on any atom is 0.186 e.